The number of carbonyl (C=O) groups is 1. The molecule has 0 spiro atoms. The van der Waals surface area contributed by atoms with E-state index in [0.29, 0.717) is 18.7 Å². The first-order valence-corrected chi connectivity index (χ1v) is 10.5. The minimum absolute atomic E-state index is 0.0769. The number of amides is 1. The first-order chi connectivity index (χ1) is 14.5. The summed E-state index contributed by atoms with van der Waals surface area (Å²) in [6.07, 6.45) is 3.32. The Bertz CT molecular complexity index is 1100. The fraction of sp³-hybridized carbons (Fsp3) is 0.455. The lowest BCUT2D eigenvalue weighted by atomic mass is 10.0. The molecule has 1 aliphatic heterocycles. The Morgan fingerprint density at radius 2 is 2.07 bits per heavy atom. The molecule has 1 amide bonds. The number of nitrogens with one attached hydrogen (secondary N) is 2. The molecule has 158 valence electrons. The molecule has 1 saturated heterocycles. The number of aromatic amines is 1. The second-order valence-corrected chi connectivity index (χ2v) is 7.99. The summed E-state index contributed by atoms with van der Waals surface area (Å²) >= 11 is 0. The Hall–Kier alpha value is -3.00. The van der Waals surface area contributed by atoms with Crippen molar-refractivity contribution in [3.8, 4) is 0 Å². The maximum atomic E-state index is 12.7. The van der Waals surface area contributed by atoms with Gasteiger partial charge in [0.25, 0.3) is 11.5 Å². The van der Waals surface area contributed by atoms with Crippen molar-refractivity contribution < 1.29 is 4.79 Å². The van der Waals surface area contributed by atoms with E-state index in [4.69, 9.17) is 0 Å². The second-order valence-electron chi connectivity index (χ2n) is 7.99. The van der Waals surface area contributed by atoms with Crippen molar-refractivity contribution in [1.29, 1.82) is 0 Å². The summed E-state index contributed by atoms with van der Waals surface area (Å²) in [6.45, 7) is 6.65. The van der Waals surface area contributed by atoms with Crippen LogP contribution in [0.1, 0.15) is 41.1 Å². The average molecular weight is 409 g/mol. The molecule has 3 aromatic rings. The number of aryl methyl sites for hydroxylation is 2. The van der Waals surface area contributed by atoms with E-state index in [1.807, 2.05) is 32.0 Å². The zero-order chi connectivity index (χ0) is 21.1. The van der Waals surface area contributed by atoms with Gasteiger partial charge in [-0.2, -0.15) is 5.10 Å². The van der Waals surface area contributed by atoms with E-state index in [0.717, 1.165) is 54.9 Å². The lowest BCUT2D eigenvalue weighted by molar-refractivity contribution is 0.0909. The molecule has 0 radical (unpaired) electrons. The molecule has 1 aromatic carbocycles. The molecule has 8 heteroatoms. The van der Waals surface area contributed by atoms with Crippen molar-refractivity contribution in [2.24, 2.45) is 0 Å². The topological polar surface area (TPSA) is 95.9 Å². The highest BCUT2D eigenvalue weighted by molar-refractivity contribution is 5.97. The van der Waals surface area contributed by atoms with Crippen molar-refractivity contribution in [3.05, 3.63) is 57.8 Å². The molecular weight excluding hydrogens is 380 g/mol. The maximum Gasteiger partial charge on any atom is 0.266 e. The van der Waals surface area contributed by atoms with Crippen LogP contribution >= 0.6 is 0 Å². The number of H-pyrrole nitrogens is 1. The predicted octanol–water partition coefficient (Wildman–Crippen LogP) is 2.02. The van der Waals surface area contributed by atoms with E-state index in [9.17, 15) is 9.59 Å². The number of likely N-dealkylation sites (tertiary alicyclic amines) is 1. The van der Waals surface area contributed by atoms with Crippen LogP contribution in [0.5, 0.6) is 0 Å². The smallest absolute Gasteiger partial charge is 0.266 e. The lowest BCUT2D eigenvalue weighted by Crippen LogP contribution is -2.48. The van der Waals surface area contributed by atoms with Crippen LogP contribution in [0, 0.1) is 13.8 Å². The molecule has 8 nitrogen and oxygen atoms in total. The highest BCUT2D eigenvalue weighted by Crippen LogP contribution is 2.17. The summed E-state index contributed by atoms with van der Waals surface area (Å²) in [4.78, 5) is 34.6. The van der Waals surface area contributed by atoms with Gasteiger partial charge in [0.1, 0.15) is 5.82 Å². The number of rotatable bonds is 6. The SMILES string of the molecule is Cc1ccc(=O)n(CCN2CCCCC2CNC(=O)c2ccc3nc(C)[nH]c3c2)n1. The van der Waals surface area contributed by atoms with Crippen LogP contribution in [0.2, 0.25) is 0 Å². The van der Waals surface area contributed by atoms with Gasteiger partial charge in [-0.05, 0) is 57.5 Å². The molecule has 4 rings (SSSR count). The van der Waals surface area contributed by atoms with E-state index < -0.39 is 0 Å². The number of benzene rings is 1. The fourth-order valence-corrected chi connectivity index (χ4v) is 4.11. The number of piperidine rings is 1. The number of carbonyl (C=O) groups excluding carboxylic acids is 1. The Morgan fingerprint density at radius 3 is 2.93 bits per heavy atom. The Balaban J connectivity index is 1.37. The van der Waals surface area contributed by atoms with Gasteiger partial charge in [-0.1, -0.05) is 6.42 Å². The molecule has 1 atom stereocenters. The van der Waals surface area contributed by atoms with Gasteiger partial charge in [-0.25, -0.2) is 9.67 Å². The molecule has 1 unspecified atom stereocenters. The standard InChI is InChI=1S/C22H28N6O2/c1-15-6-9-21(29)28(26-15)12-11-27-10-4-3-5-18(27)14-23-22(30)17-7-8-19-20(13-17)25-16(2)24-19/h6-9,13,18H,3-5,10-12,14H2,1-2H3,(H,23,30)(H,24,25). The highest BCUT2D eigenvalue weighted by atomic mass is 16.1. The molecule has 30 heavy (non-hydrogen) atoms. The van der Waals surface area contributed by atoms with Crippen LogP contribution in [0.15, 0.2) is 35.1 Å². The van der Waals surface area contributed by atoms with E-state index in [2.05, 4.69) is 25.3 Å². The second kappa shape index (κ2) is 8.79. The van der Waals surface area contributed by atoms with Gasteiger partial charge in [0.15, 0.2) is 0 Å². The number of hydrogen-bond donors (Lipinski definition) is 2. The van der Waals surface area contributed by atoms with Gasteiger partial charge in [-0.15, -0.1) is 0 Å². The van der Waals surface area contributed by atoms with Crippen LogP contribution in [0.4, 0.5) is 0 Å². The van der Waals surface area contributed by atoms with E-state index in [-0.39, 0.29) is 17.5 Å². The molecule has 2 aromatic heterocycles. The van der Waals surface area contributed by atoms with Crippen molar-refractivity contribution in [2.45, 2.75) is 45.7 Å². The molecule has 3 heterocycles. The number of nitrogens with zero attached hydrogens (tertiary/aromatic N) is 4. The molecule has 0 saturated carbocycles. The van der Waals surface area contributed by atoms with Crippen LogP contribution in [0.25, 0.3) is 11.0 Å². The summed E-state index contributed by atoms with van der Waals surface area (Å²) < 4.78 is 1.53. The lowest BCUT2D eigenvalue weighted by Gasteiger charge is -2.35. The average Bonchev–Trinajstić information content (AvgIpc) is 3.12. The molecular formula is C22H28N6O2. The largest absolute Gasteiger partial charge is 0.350 e. The van der Waals surface area contributed by atoms with Gasteiger partial charge >= 0.3 is 0 Å². The van der Waals surface area contributed by atoms with E-state index in [1.54, 1.807) is 12.1 Å². The predicted molar refractivity (Wildman–Crippen MR) is 116 cm³/mol. The maximum absolute atomic E-state index is 12.7. The zero-order valence-electron chi connectivity index (χ0n) is 17.5. The monoisotopic (exact) mass is 408 g/mol. The van der Waals surface area contributed by atoms with Crippen LogP contribution < -0.4 is 10.9 Å². The van der Waals surface area contributed by atoms with Gasteiger partial charge in [0, 0.05) is 30.8 Å². The van der Waals surface area contributed by atoms with E-state index >= 15 is 0 Å². The van der Waals surface area contributed by atoms with Gasteiger partial charge in [0.05, 0.1) is 23.3 Å². The number of imidazole rings is 1. The molecule has 0 aliphatic carbocycles. The molecule has 0 bridgehead atoms. The zero-order valence-corrected chi connectivity index (χ0v) is 17.5. The van der Waals surface area contributed by atoms with Crippen LogP contribution in [0.3, 0.4) is 0 Å². The van der Waals surface area contributed by atoms with Crippen LogP contribution in [-0.2, 0) is 6.54 Å². The van der Waals surface area contributed by atoms with Gasteiger partial charge in [-0.3, -0.25) is 14.5 Å². The van der Waals surface area contributed by atoms with Crippen LogP contribution in [-0.4, -0.2) is 56.2 Å². The van der Waals surface area contributed by atoms with Crippen molar-refractivity contribution in [3.63, 3.8) is 0 Å². The summed E-state index contributed by atoms with van der Waals surface area (Å²) in [5.74, 6) is 0.758. The first kappa shape index (κ1) is 20.3. The number of fused-ring (bicyclic) bond motifs is 1. The first-order valence-electron chi connectivity index (χ1n) is 10.5. The summed E-state index contributed by atoms with van der Waals surface area (Å²) in [5.41, 5.74) is 3.12. The number of hydrogen-bond acceptors (Lipinski definition) is 5. The fourth-order valence-electron chi connectivity index (χ4n) is 4.11. The Labute approximate surface area is 175 Å². The minimum atomic E-state index is -0.0775. The highest BCUT2D eigenvalue weighted by Gasteiger charge is 2.23. The third kappa shape index (κ3) is 4.59. The van der Waals surface area contributed by atoms with Gasteiger partial charge in [0.2, 0.25) is 0 Å². The number of aromatic nitrogens is 4. The Kier molecular flexibility index (Phi) is 5.94. The third-order valence-corrected chi connectivity index (χ3v) is 5.71. The van der Waals surface area contributed by atoms with Gasteiger partial charge < -0.3 is 10.3 Å². The van der Waals surface area contributed by atoms with Crippen molar-refractivity contribution >= 4 is 16.9 Å². The Morgan fingerprint density at radius 1 is 1.20 bits per heavy atom. The molecule has 1 fully saturated rings. The molecule has 2 N–H and O–H groups in total. The quantitative estimate of drug-likeness (QED) is 0.651. The summed E-state index contributed by atoms with van der Waals surface area (Å²) in [7, 11) is 0. The summed E-state index contributed by atoms with van der Waals surface area (Å²) in [6, 6.07) is 9.09. The van der Waals surface area contributed by atoms with E-state index in [1.165, 1.54) is 4.68 Å². The van der Waals surface area contributed by atoms with Crippen molar-refractivity contribution in [2.75, 3.05) is 19.6 Å². The third-order valence-electron chi connectivity index (χ3n) is 5.71. The van der Waals surface area contributed by atoms with Crippen molar-refractivity contribution in [1.82, 2.24) is 30.0 Å². The molecule has 1 aliphatic rings. The minimum Gasteiger partial charge on any atom is -0.350 e. The summed E-state index contributed by atoms with van der Waals surface area (Å²) in [5, 5.41) is 7.41. The normalized spacial score (nSPS) is 17.3.